The zero-order valence-electron chi connectivity index (χ0n) is 7.68. The van der Waals surface area contributed by atoms with Crippen molar-refractivity contribution in [3.8, 4) is 11.1 Å². The van der Waals surface area contributed by atoms with Crippen LogP contribution in [0.15, 0.2) is 51.4 Å². The van der Waals surface area contributed by atoms with Gasteiger partial charge in [-0.05, 0) is 58.0 Å². The van der Waals surface area contributed by atoms with Gasteiger partial charge in [-0.15, -0.1) is 0 Å². The maximum absolute atomic E-state index is 3.47. The second kappa shape index (κ2) is 4.97. The molecule has 2 rings (SSSR count). The monoisotopic (exact) mass is 436 g/mol. The molecule has 0 atom stereocenters. The van der Waals surface area contributed by atoms with Gasteiger partial charge in [0.1, 0.15) is 0 Å². The van der Waals surface area contributed by atoms with Crippen molar-refractivity contribution < 1.29 is 0 Å². The molecule has 2 aromatic carbocycles. The maximum atomic E-state index is 3.47. The lowest BCUT2D eigenvalue weighted by Crippen LogP contribution is -1.82. The normalized spacial score (nSPS) is 10.3. The highest BCUT2D eigenvalue weighted by molar-refractivity contribution is 14.1. The molecule has 76 valence electrons. The van der Waals surface area contributed by atoms with E-state index in [1.54, 1.807) is 0 Å². The predicted molar refractivity (Wildman–Crippen MR) is 80.0 cm³/mol. The van der Waals surface area contributed by atoms with Gasteiger partial charge in [-0.1, -0.05) is 50.1 Å². The minimum Gasteiger partial charge on any atom is -0.0532 e. The number of benzene rings is 2. The molecule has 0 amide bonds. The highest BCUT2D eigenvalue weighted by Gasteiger charge is 2.02. The minimum atomic E-state index is 1.11. The fraction of sp³-hybridized carbons (Fsp3) is 0. The maximum Gasteiger partial charge on any atom is 0.0220 e. The Balaban J connectivity index is 2.49. The van der Waals surface area contributed by atoms with E-state index in [9.17, 15) is 0 Å². The third-order valence-electron chi connectivity index (χ3n) is 2.09. The van der Waals surface area contributed by atoms with Crippen molar-refractivity contribution in [2.75, 3.05) is 0 Å². The predicted octanol–water partition coefficient (Wildman–Crippen LogP) is 5.48. The van der Waals surface area contributed by atoms with Crippen LogP contribution < -0.4 is 0 Å². The molecule has 0 saturated carbocycles. The quantitative estimate of drug-likeness (QED) is 0.518. The first-order chi connectivity index (χ1) is 7.16. The van der Waals surface area contributed by atoms with Gasteiger partial charge in [0.25, 0.3) is 0 Å². The first-order valence-electron chi connectivity index (χ1n) is 4.38. The number of hydrogen-bond donors (Lipinski definition) is 0. The van der Waals surface area contributed by atoms with E-state index in [1.165, 1.54) is 14.7 Å². The molecule has 0 unspecified atom stereocenters. The van der Waals surface area contributed by atoms with E-state index in [0.29, 0.717) is 0 Å². The molecule has 0 aliphatic carbocycles. The van der Waals surface area contributed by atoms with Crippen LogP contribution in [0.4, 0.5) is 0 Å². The topological polar surface area (TPSA) is 0 Å². The van der Waals surface area contributed by atoms with Crippen LogP contribution in [0.1, 0.15) is 0 Å². The van der Waals surface area contributed by atoms with Crippen molar-refractivity contribution in [1.82, 2.24) is 0 Å². The molecule has 0 nitrogen and oxygen atoms in total. The van der Waals surface area contributed by atoms with Crippen molar-refractivity contribution in [3.63, 3.8) is 0 Å². The van der Waals surface area contributed by atoms with Crippen molar-refractivity contribution in [2.45, 2.75) is 0 Å². The highest BCUT2D eigenvalue weighted by atomic mass is 127. The zero-order chi connectivity index (χ0) is 10.8. The van der Waals surface area contributed by atoms with Gasteiger partial charge in [0.05, 0.1) is 0 Å². The SMILES string of the molecule is Brc1ccc(-c2ccc(Br)cc2I)cc1. The van der Waals surface area contributed by atoms with Gasteiger partial charge >= 0.3 is 0 Å². The fourth-order valence-corrected chi connectivity index (χ4v) is 3.23. The average molecular weight is 438 g/mol. The largest absolute Gasteiger partial charge is 0.0532 e. The summed E-state index contributed by atoms with van der Waals surface area (Å²) in [4.78, 5) is 0. The number of hydrogen-bond acceptors (Lipinski definition) is 0. The molecule has 0 aromatic heterocycles. The van der Waals surface area contributed by atoms with Gasteiger partial charge in [0.2, 0.25) is 0 Å². The third-order valence-corrected chi connectivity index (χ3v) is 4.00. The van der Waals surface area contributed by atoms with Crippen LogP contribution in [0.5, 0.6) is 0 Å². The summed E-state index contributed by atoms with van der Waals surface area (Å²) in [5.74, 6) is 0. The summed E-state index contributed by atoms with van der Waals surface area (Å²) in [6.45, 7) is 0. The fourth-order valence-electron chi connectivity index (χ4n) is 1.35. The molecule has 0 radical (unpaired) electrons. The van der Waals surface area contributed by atoms with Crippen LogP contribution in [0.25, 0.3) is 11.1 Å². The summed E-state index contributed by atoms with van der Waals surface area (Å²) >= 11 is 9.26. The molecule has 0 fully saturated rings. The van der Waals surface area contributed by atoms with Crippen molar-refractivity contribution in [1.29, 1.82) is 0 Å². The Morgan fingerprint density at radius 3 is 2.00 bits per heavy atom. The molecule has 15 heavy (non-hydrogen) atoms. The molecule has 3 heteroatoms. The van der Waals surface area contributed by atoms with E-state index >= 15 is 0 Å². The van der Waals surface area contributed by atoms with E-state index in [-0.39, 0.29) is 0 Å². The van der Waals surface area contributed by atoms with Crippen LogP contribution in [0.2, 0.25) is 0 Å². The molecule has 0 N–H and O–H groups in total. The van der Waals surface area contributed by atoms with Gasteiger partial charge < -0.3 is 0 Å². The summed E-state index contributed by atoms with van der Waals surface area (Å²) < 4.78 is 3.48. The summed E-state index contributed by atoms with van der Waals surface area (Å²) in [5.41, 5.74) is 2.52. The number of halogens is 3. The van der Waals surface area contributed by atoms with E-state index in [1.807, 2.05) is 0 Å². The Hall–Kier alpha value is 0.130. The van der Waals surface area contributed by atoms with Crippen molar-refractivity contribution >= 4 is 54.5 Å². The summed E-state index contributed by atoms with van der Waals surface area (Å²) in [7, 11) is 0. The lowest BCUT2D eigenvalue weighted by Gasteiger charge is -2.05. The molecule has 2 aromatic rings. The van der Waals surface area contributed by atoms with Gasteiger partial charge in [-0.3, -0.25) is 0 Å². The van der Waals surface area contributed by atoms with E-state index in [2.05, 4.69) is 96.9 Å². The second-order valence-electron chi connectivity index (χ2n) is 3.13. The summed E-state index contributed by atoms with van der Waals surface area (Å²) in [5, 5.41) is 0. The molecule has 0 aliphatic rings. The van der Waals surface area contributed by atoms with E-state index in [0.717, 1.165) is 8.95 Å². The van der Waals surface area contributed by atoms with Gasteiger partial charge in [-0.2, -0.15) is 0 Å². The van der Waals surface area contributed by atoms with Crippen LogP contribution in [0.3, 0.4) is 0 Å². The van der Waals surface area contributed by atoms with Gasteiger partial charge in [0, 0.05) is 12.5 Å². The van der Waals surface area contributed by atoms with Crippen LogP contribution >= 0.6 is 54.5 Å². The lowest BCUT2D eigenvalue weighted by atomic mass is 10.1. The highest BCUT2D eigenvalue weighted by Crippen LogP contribution is 2.28. The van der Waals surface area contributed by atoms with Crippen LogP contribution in [-0.4, -0.2) is 0 Å². The molecule has 0 heterocycles. The summed E-state index contributed by atoms with van der Waals surface area (Å²) in [6, 6.07) is 14.7. The molecule has 0 saturated heterocycles. The summed E-state index contributed by atoms with van der Waals surface area (Å²) in [6.07, 6.45) is 0. The Kier molecular flexibility index (Phi) is 3.85. The van der Waals surface area contributed by atoms with Crippen LogP contribution in [-0.2, 0) is 0 Å². The first-order valence-corrected chi connectivity index (χ1v) is 7.04. The Labute approximate surface area is 119 Å². The lowest BCUT2D eigenvalue weighted by molar-refractivity contribution is 1.54. The molecular weight excluding hydrogens is 431 g/mol. The minimum absolute atomic E-state index is 1.11. The van der Waals surface area contributed by atoms with Gasteiger partial charge in [0.15, 0.2) is 0 Å². The standard InChI is InChI=1S/C12H7Br2I/c13-9-3-1-8(2-4-9)11-6-5-10(14)7-12(11)15/h1-7H. The van der Waals surface area contributed by atoms with Crippen LogP contribution in [0, 0.1) is 3.57 Å². The zero-order valence-corrected chi connectivity index (χ0v) is 13.0. The van der Waals surface area contributed by atoms with Gasteiger partial charge in [-0.25, -0.2) is 0 Å². The van der Waals surface area contributed by atoms with E-state index in [4.69, 9.17) is 0 Å². The molecule has 0 bridgehead atoms. The Morgan fingerprint density at radius 2 is 1.40 bits per heavy atom. The molecule has 0 spiro atoms. The smallest absolute Gasteiger partial charge is 0.0220 e. The third kappa shape index (κ3) is 2.82. The van der Waals surface area contributed by atoms with Crippen molar-refractivity contribution in [3.05, 3.63) is 55.0 Å². The van der Waals surface area contributed by atoms with Crippen molar-refractivity contribution in [2.24, 2.45) is 0 Å². The Bertz CT molecular complexity index is 477. The second-order valence-corrected chi connectivity index (χ2v) is 6.12. The first kappa shape index (κ1) is 11.6. The average Bonchev–Trinajstić information content (AvgIpc) is 2.20. The Morgan fingerprint density at radius 1 is 0.800 bits per heavy atom. The van der Waals surface area contributed by atoms with E-state index < -0.39 is 0 Å². The number of rotatable bonds is 1. The molecular formula is C12H7Br2I. The molecule has 0 aliphatic heterocycles.